The molecule has 1 aromatic carbocycles. The Morgan fingerprint density at radius 1 is 1.24 bits per heavy atom. The molecular weight excluding hydrogens is 268 g/mol. The quantitative estimate of drug-likeness (QED) is 0.913. The second kappa shape index (κ2) is 5.93. The van der Waals surface area contributed by atoms with Gasteiger partial charge in [0.2, 0.25) is 5.91 Å². The van der Waals surface area contributed by atoms with Crippen LogP contribution in [0.3, 0.4) is 0 Å². The van der Waals surface area contributed by atoms with Gasteiger partial charge in [-0.15, -0.1) is 0 Å². The highest BCUT2D eigenvalue weighted by atomic mass is 16.5. The van der Waals surface area contributed by atoms with E-state index >= 15 is 0 Å². The van der Waals surface area contributed by atoms with Gasteiger partial charge in [0.05, 0.1) is 20.3 Å². The highest BCUT2D eigenvalue weighted by Crippen LogP contribution is 2.33. The van der Waals surface area contributed by atoms with Gasteiger partial charge < -0.3 is 19.7 Å². The van der Waals surface area contributed by atoms with Gasteiger partial charge in [-0.2, -0.15) is 0 Å². The third kappa shape index (κ3) is 2.70. The Morgan fingerprint density at radius 3 is 2.57 bits per heavy atom. The third-order valence-corrected chi connectivity index (χ3v) is 4.39. The normalized spacial score (nSPS) is 21.0. The Bertz CT molecular complexity index is 539. The second-order valence-electron chi connectivity index (χ2n) is 5.63. The van der Waals surface area contributed by atoms with Gasteiger partial charge in [-0.25, -0.2) is 0 Å². The van der Waals surface area contributed by atoms with E-state index in [9.17, 15) is 4.79 Å². The molecule has 1 aromatic rings. The maximum atomic E-state index is 12.5. The van der Waals surface area contributed by atoms with Gasteiger partial charge >= 0.3 is 0 Å². The fourth-order valence-corrected chi connectivity index (χ4v) is 3.19. The van der Waals surface area contributed by atoms with E-state index in [2.05, 4.69) is 5.32 Å². The molecule has 0 bridgehead atoms. The zero-order chi connectivity index (χ0) is 14.8. The molecular formula is C16H22N2O3. The average Bonchev–Trinajstić information content (AvgIpc) is 3.06. The maximum Gasteiger partial charge on any atom is 0.240 e. The summed E-state index contributed by atoms with van der Waals surface area (Å²) in [6, 6.07) is 4.03. The van der Waals surface area contributed by atoms with Crippen LogP contribution in [0, 0.1) is 0 Å². The summed E-state index contributed by atoms with van der Waals surface area (Å²) in [5.41, 5.74) is 2.40. The van der Waals surface area contributed by atoms with Crippen molar-refractivity contribution in [1.29, 1.82) is 0 Å². The molecule has 5 heteroatoms. The largest absolute Gasteiger partial charge is 0.493 e. The first-order valence-electron chi connectivity index (χ1n) is 7.49. The highest BCUT2D eigenvalue weighted by Gasteiger charge is 2.29. The Morgan fingerprint density at radius 2 is 1.95 bits per heavy atom. The van der Waals surface area contributed by atoms with Crippen LogP contribution in [0.2, 0.25) is 0 Å². The minimum absolute atomic E-state index is 0.00620. The van der Waals surface area contributed by atoms with E-state index in [1.54, 1.807) is 14.2 Å². The lowest BCUT2D eigenvalue weighted by Crippen LogP contribution is -2.45. The molecule has 1 atom stereocenters. The van der Waals surface area contributed by atoms with Crippen molar-refractivity contribution in [1.82, 2.24) is 10.2 Å². The number of nitrogens with one attached hydrogen (secondary N) is 1. The van der Waals surface area contributed by atoms with E-state index in [-0.39, 0.29) is 11.9 Å². The summed E-state index contributed by atoms with van der Waals surface area (Å²) in [7, 11) is 3.28. The summed E-state index contributed by atoms with van der Waals surface area (Å²) in [5.74, 6) is 1.71. The van der Waals surface area contributed by atoms with Gasteiger partial charge in [0.25, 0.3) is 0 Å². The first kappa shape index (κ1) is 14.2. The summed E-state index contributed by atoms with van der Waals surface area (Å²) >= 11 is 0. The van der Waals surface area contributed by atoms with E-state index in [4.69, 9.17) is 9.47 Å². The molecule has 0 radical (unpaired) electrons. The van der Waals surface area contributed by atoms with Crippen LogP contribution in [0.1, 0.15) is 24.0 Å². The molecule has 114 valence electrons. The van der Waals surface area contributed by atoms with Crippen molar-refractivity contribution < 1.29 is 14.3 Å². The zero-order valence-electron chi connectivity index (χ0n) is 12.6. The monoisotopic (exact) mass is 290 g/mol. The van der Waals surface area contributed by atoms with E-state index in [1.807, 2.05) is 17.0 Å². The standard InChI is InChI=1S/C16H22N2O3/c1-20-14-8-11-5-7-18(10-12(11)9-15(14)21-2)16(19)13-4-3-6-17-13/h8-9,13,17H,3-7,10H2,1-2H3. The number of carbonyl (C=O) groups excluding carboxylic acids is 1. The number of nitrogens with zero attached hydrogens (tertiary/aromatic N) is 1. The van der Waals surface area contributed by atoms with E-state index in [1.165, 1.54) is 5.56 Å². The molecule has 2 heterocycles. The smallest absolute Gasteiger partial charge is 0.240 e. The van der Waals surface area contributed by atoms with Crippen LogP contribution >= 0.6 is 0 Å². The average molecular weight is 290 g/mol. The number of amides is 1. The number of carbonyl (C=O) groups is 1. The lowest BCUT2D eigenvalue weighted by molar-refractivity contribution is -0.134. The van der Waals surface area contributed by atoms with Crippen molar-refractivity contribution in [3.63, 3.8) is 0 Å². The fourth-order valence-electron chi connectivity index (χ4n) is 3.19. The lowest BCUT2D eigenvalue weighted by atomic mass is 9.98. The van der Waals surface area contributed by atoms with Crippen LogP contribution in [0.25, 0.3) is 0 Å². The van der Waals surface area contributed by atoms with E-state index < -0.39 is 0 Å². The number of hydrogen-bond acceptors (Lipinski definition) is 4. The van der Waals surface area contributed by atoms with Gasteiger partial charge in [-0.1, -0.05) is 0 Å². The first-order valence-corrected chi connectivity index (χ1v) is 7.49. The SMILES string of the molecule is COc1cc2c(cc1OC)CN(C(=O)C1CCCN1)CC2. The van der Waals surface area contributed by atoms with Crippen molar-refractivity contribution in [2.24, 2.45) is 0 Å². The zero-order valence-corrected chi connectivity index (χ0v) is 12.6. The van der Waals surface area contributed by atoms with Gasteiger partial charge in [0.1, 0.15) is 0 Å². The van der Waals surface area contributed by atoms with E-state index in [0.717, 1.165) is 49.4 Å². The van der Waals surface area contributed by atoms with E-state index in [0.29, 0.717) is 6.54 Å². The molecule has 1 fully saturated rings. The third-order valence-electron chi connectivity index (χ3n) is 4.39. The van der Waals surface area contributed by atoms with Crippen LogP contribution in [0.5, 0.6) is 11.5 Å². The van der Waals surface area contributed by atoms with Crippen LogP contribution in [-0.2, 0) is 17.8 Å². The van der Waals surface area contributed by atoms with Gasteiger partial charge in [-0.3, -0.25) is 4.79 Å². The van der Waals surface area contributed by atoms with Gasteiger partial charge in [-0.05, 0) is 49.1 Å². The predicted octanol–water partition coefficient (Wildman–Crippen LogP) is 1.34. The van der Waals surface area contributed by atoms with Crippen LogP contribution < -0.4 is 14.8 Å². The molecule has 1 unspecified atom stereocenters. The molecule has 0 aliphatic carbocycles. The van der Waals surface area contributed by atoms with Crippen LogP contribution in [0.15, 0.2) is 12.1 Å². The molecule has 5 nitrogen and oxygen atoms in total. The summed E-state index contributed by atoms with van der Waals surface area (Å²) in [5, 5.41) is 3.28. The molecule has 1 saturated heterocycles. The Hall–Kier alpha value is -1.75. The van der Waals surface area contributed by atoms with Crippen molar-refractivity contribution in [2.45, 2.75) is 31.8 Å². The van der Waals surface area contributed by atoms with Crippen molar-refractivity contribution in [3.05, 3.63) is 23.3 Å². The van der Waals surface area contributed by atoms with Gasteiger partial charge in [0.15, 0.2) is 11.5 Å². The summed E-state index contributed by atoms with van der Waals surface area (Å²) < 4.78 is 10.7. The van der Waals surface area contributed by atoms with Crippen molar-refractivity contribution in [2.75, 3.05) is 27.3 Å². The number of benzene rings is 1. The summed E-state index contributed by atoms with van der Waals surface area (Å²) in [6.07, 6.45) is 2.91. The molecule has 1 amide bonds. The number of rotatable bonds is 3. The Balaban J connectivity index is 1.79. The second-order valence-corrected chi connectivity index (χ2v) is 5.63. The predicted molar refractivity (Wildman–Crippen MR) is 79.7 cm³/mol. The molecule has 21 heavy (non-hydrogen) atoms. The van der Waals surface area contributed by atoms with Crippen molar-refractivity contribution >= 4 is 5.91 Å². The minimum atomic E-state index is 0.00620. The molecule has 0 saturated carbocycles. The molecule has 2 aliphatic rings. The fraction of sp³-hybridized carbons (Fsp3) is 0.562. The number of methoxy groups -OCH3 is 2. The molecule has 1 N–H and O–H groups in total. The molecule has 3 rings (SSSR count). The summed E-state index contributed by atoms with van der Waals surface area (Å²) in [6.45, 7) is 2.39. The molecule has 2 aliphatic heterocycles. The summed E-state index contributed by atoms with van der Waals surface area (Å²) in [4.78, 5) is 14.5. The molecule has 0 aromatic heterocycles. The van der Waals surface area contributed by atoms with Crippen LogP contribution in [-0.4, -0.2) is 44.2 Å². The lowest BCUT2D eigenvalue weighted by Gasteiger charge is -2.31. The highest BCUT2D eigenvalue weighted by molar-refractivity contribution is 5.82. The maximum absolute atomic E-state index is 12.5. The topological polar surface area (TPSA) is 50.8 Å². The minimum Gasteiger partial charge on any atom is -0.493 e. The first-order chi connectivity index (χ1) is 10.2. The molecule has 0 spiro atoms. The Kier molecular flexibility index (Phi) is 4.01. The Labute approximate surface area is 125 Å². The van der Waals surface area contributed by atoms with Crippen LogP contribution in [0.4, 0.5) is 0 Å². The number of ether oxygens (including phenoxy) is 2. The van der Waals surface area contributed by atoms with Gasteiger partial charge in [0, 0.05) is 13.1 Å². The number of hydrogen-bond donors (Lipinski definition) is 1. The van der Waals surface area contributed by atoms with Crippen molar-refractivity contribution in [3.8, 4) is 11.5 Å². The number of fused-ring (bicyclic) bond motifs is 1.